The number of carbonyl (C=O) groups is 1. The lowest BCUT2D eigenvalue weighted by Crippen LogP contribution is -2.34. The highest BCUT2D eigenvalue weighted by molar-refractivity contribution is 14.1. The molecule has 0 aliphatic heterocycles. The van der Waals surface area contributed by atoms with Crippen LogP contribution in [0.4, 0.5) is 5.69 Å². The number of fused-ring (bicyclic) bond motifs is 1. The number of benzene rings is 1. The highest BCUT2D eigenvalue weighted by Crippen LogP contribution is 2.29. The average Bonchev–Trinajstić information content (AvgIpc) is 2.64. The Morgan fingerprint density at radius 1 is 1.33 bits per heavy atom. The molecule has 1 aromatic carbocycles. The van der Waals surface area contributed by atoms with Crippen molar-refractivity contribution in [1.29, 1.82) is 0 Å². The number of H-pyrrole nitrogens is 1. The number of hydrogen-bond donors (Lipinski definition) is 1. The van der Waals surface area contributed by atoms with E-state index in [1.807, 2.05) is 6.07 Å². The summed E-state index contributed by atoms with van der Waals surface area (Å²) in [5.41, 5.74) is 2.66. The van der Waals surface area contributed by atoms with E-state index in [0.717, 1.165) is 19.0 Å². The van der Waals surface area contributed by atoms with Crippen molar-refractivity contribution >= 4 is 45.2 Å². The molecule has 2 aromatic rings. The molecule has 1 aromatic heterocycles. The van der Waals surface area contributed by atoms with Crippen LogP contribution in [0, 0.1) is 3.57 Å². The summed E-state index contributed by atoms with van der Waals surface area (Å²) < 4.78 is 6.41. The maximum absolute atomic E-state index is 11.6. The Morgan fingerprint density at radius 2 is 2.00 bits per heavy atom. The summed E-state index contributed by atoms with van der Waals surface area (Å²) in [5.74, 6) is -0.331. The second kappa shape index (κ2) is 4.55. The number of quaternary nitrogens is 1. The number of methoxy groups -OCH3 is 1. The molecule has 2 rings (SSSR count). The van der Waals surface area contributed by atoms with Crippen LogP contribution >= 0.6 is 22.6 Å². The number of halogens is 1. The molecule has 0 fully saturated rings. The monoisotopic (exact) mass is 359 g/mol. The standard InChI is InChI=1S/C13H15IN2O2/c1-16(2,3)8-5-6-9-10(7-8)15-12(11(9)14)13(17)18-4/h5-7H,1-4H3/p+1. The van der Waals surface area contributed by atoms with Gasteiger partial charge in [-0.1, -0.05) is 0 Å². The maximum atomic E-state index is 11.6. The van der Waals surface area contributed by atoms with Crippen LogP contribution in [0.2, 0.25) is 0 Å². The zero-order valence-electron chi connectivity index (χ0n) is 10.9. The smallest absolute Gasteiger partial charge is 0.355 e. The number of nitrogens with zero attached hydrogens (tertiary/aromatic N) is 1. The molecule has 5 heteroatoms. The molecular formula is C13H16IN2O2+. The van der Waals surface area contributed by atoms with Crippen LogP contribution in [-0.2, 0) is 4.74 Å². The van der Waals surface area contributed by atoms with E-state index in [9.17, 15) is 4.79 Å². The van der Waals surface area contributed by atoms with E-state index in [-0.39, 0.29) is 5.97 Å². The van der Waals surface area contributed by atoms with E-state index in [4.69, 9.17) is 4.74 Å². The van der Waals surface area contributed by atoms with Crippen LogP contribution in [0.25, 0.3) is 10.9 Å². The van der Waals surface area contributed by atoms with Crippen molar-refractivity contribution < 1.29 is 9.53 Å². The Balaban J connectivity index is 2.62. The molecule has 1 N–H and O–H groups in total. The van der Waals surface area contributed by atoms with E-state index in [1.54, 1.807) is 0 Å². The van der Waals surface area contributed by atoms with Crippen LogP contribution in [0.1, 0.15) is 10.5 Å². The Labute approximate surface area is 120 Å². The van der Waals surface area contributed by atoms with Gasteiger partial charge in [-0.2, -0.15) is 0 Å². The fourth-order valence-corrected chi connectivity index (χ4v) is 2.64. The molecule has 0 bridgehead atoms. The van der Waals surface area contributed by atoms with Crippen molar-refractivity contribution in [1.82, 2.24) is 9.47 Å². The van der Waals surface area contributed by atoms with Crippen LogP contribution in [0.3, 0.4) is 0 Å². The fourth-order valence-electron chi connectivity index (χ4n) is 1.81. The summed E-state index contributed by atoms with van der Waals surface area (Å²) in [6, 6.07) is 6.20. The Bertz CT molecular complexity index is 611. The van der Waals surface area contributed by atoms with Crippen molar-refractivity contribution in [3.8, 4) is 0 Å². The zero-order valence-corrected chi connectivity index (χ0v) is 13.0. The third-order valence-corrected chi connectivity index (χ3v) is 4.00. The number of aromatic nitrogens is 1. The first-order valence-corrected chi connectivity index (χ1v) is 6.64. The van der Waals surface area contributed by atoms with Crippen LogP contribution < -0.4 is 4.48 Å². The van der Waals surface area contributed by atoms with E-state index < -0.39 is 0 Å². The molecule has 4 nitrogen and oxygen atoms in total. The molecule has 0 saturated heterocycles. The van der Waals surface area contributed by atoms with Gasteiger partial charge in [-0.3, -0.25) is 4.48 Å². The molecule has 0 aliphatic rings. The number of esters is 1. The van der Waals surface area contributed by atoms with Gasteiger partial charge < -0.3 is 9.72 Å². The summed E-state index contributed by atoms with van der Waals surface area (Å²) in [4.78, 5) is 14.8. The molecule has 96 valence electrons. The van der Waals surface area contributed by atoms with Crippen LogP contribution in [0.15, 0.2) is 18.2 Å². The lowest BCUT2D eigenvalue weighted by atomic mass is 10.2. The van der Waals surface area contributed by atoms with Crippen LogP contribution in [-0.4, -0.2) is 39.2 Å². The first-order chi connectivity index (χ1) is 8.34. The second-order valence-electron chi connectivity index (χ2n) is 5.05. The Kier molecular flexibility index (Phi) is 3.37. The van der Waals surface area contributed by atoms with E-state index >= 15 is 0 Å². The topological polar surface area (TPSA) is 42.1 Å². The highest BCUT2D eigenvalue weighted by Gasteiger charge is 2.19. The number of carbonyl (C=O) groups excluding carboxylic acids is 1. The van der Waals surface area contributed by atoms with Crippen molar-refractivity contribution in [3.63, 3.8) is 0 Å². The van der Waals surface area contributed by atoms with Gasteiger partial charge in [0.05, 0.1) is 37.3 Å². The second-order valence-corrected chi connectivity index (χ2v) is 6.13. The fraction of sp³-hybridized carbons (Fsp3) is 0.308. The van der Waals surface area contributed by atoms with Gasteiger partial charge >= 0.3 is 5.97 Å². The molecule has 0 spiro atoms. The largest absolute Gasteiger partial charge is 0.464 e. The molecular weight excluding hydrogens is 343 g/mol. The predicted molar refractivity (Wildman–Crippen MR) is 81.9 cm³/mol. The van der Waals surface area contributed by atoms with Gasteiger partial charge in [0.1, 0.15) is 11.4 Å². The third-order valence-electron chi connectivity index (χ3n) is 2.88. The normalized spacial score (nSPS) is 11.8. The summed E-state index contributed by atoms with van der Waals surface area (Å²) in [6.07, 6.45) is 0. The number of hydrogen-bond acceptors (Lipinski definition) is 2. The summed E-state index contributed by atoms with van der Waals surface area (Å²) in [5, 5.41) is 1.05. The van der Waals surface area contributed by atoms with Gasteiger partial charge in [0.25, 0.3) is 0 Å². The van der Waals surface area contributed by atoms with Gasteiger partial charge in [-0.15, -0.1) is 0 Å². The number of nitrogens with one attached hydrogen (secondary N) is 1. The molecule has 0 unspecified atom stereocenters. The zero-order chi connectivity index (χ0) is 13.5. The van der Waals surface area contributed by atoms with Gasteiger partial charge in [0.15, 0.2) is 0 Å². The van der Waals surface area contributed by atoms with Gasteiger partial charge in [-0.05, 0) is 34.7 Å². The molecule has 0 aliphatic carbocycles. The summed E-state index contributed by atoms with van der Waals surface area (Å²) >= 11 is 2.17. The molecule has 0 atom stereocenters. The number of ether oxygens (including phenoxy) is 1. The molecule has 0 saturated carbocycles. The van der Waals surface area contributed by atoms with Gasteiger partial charge in [-0.25, -0.2) is 4.79 Å². The van der Waals surface area contributed by atoms with Crippen molar-refractivity contribution in [2.24, 2.45) is 0 Å². The molecule has 18 heavy (non-hydrogen) atoms. The number of aromatic amines is 1. The molecule has 0 radical (unpaired) electrons. The van der Waals surface area contributed by atoms with Crippen LogP contribution in [0.5, 0.6) is 0 Å². The van der Waals surface area contributed by atoms with E-state index in [2.05, 4.69) is 60.9 Å². The summed E-state index contributed by atoms with van der Waals surface area (Å²) in [6.45, 7) is 0. The maximum Gasteiger partial charge on any atom is 0.355 e. The SMILES string of the molecule is COC(=O)c1[nH]c2cc([N+](C)(C)C)ccc2c1I. The van der Waals surface area contributed by atoms with Gasteiger partial charge in [0, 0.05) is 11.5 Å². The van der Waals surface area contributed by atoms with Crippen molar-refractivity contribution in [3.05, 3.63) is 27.5 Å². The summed E-state index contributed by atoms with van der Waals surface area (Å²) in [7, 11) is 7.71. The lowest BCUT2D eigenvalue weighted by molar-refractivity contribution is 0.0594. The number of rotatable bonds is 2. The van der Waals surface area contributed by atoms with Gasteiger partial charge in [0.2, 0.25) is 0 Å². The van der Waals surface area contributed by atoms with Crippen molar-refractivity contribution in [2.45, 2.75) is 0 Å². The predicted octanol–water partition coefficient (Wildman–Crippen LogP) is 2.76. The Morgan fingerprint density at radius 3 is 2.56 bits per heavy atom. The lowest BCUT2D eigenvalue weighted by Gasteiger charge is -2.23. The minimum absolute atomic E-state index is 0.331. The minimum Gasteiger partial charge on any atom is -0.464 e. The molecule has 1 heterocycles. The van der Waals surface area contributed by atoms with E-state index in [1.165, 1.54) is 12.8 Å². The minimum atomic E-state index is -0.331. The Hall–Kier alpha value is -1.08. The molecule has 0 amide bonds. The quantitative estimate of drug-likeness (QED) is 0.509. The van der Waals surface area contributed by atoms with Crippen molar-refractivity contribution in [2.75, 3.05) is 28.3 Å². The first kappa shape index (κ1) is 13.4. The highest BCUT2D eigenvalue weighted by atomic mass is 127. The first-order valence-electron chi connectivity index (χ1n) is 5.56. The third kappa shape index (κ3) is 2.24. The van der Waals surface area contributed by atoms with E-state index in [0.29, 0.717) is 5.69 Å². The average molecular weight is 359 g/mol.